The number of aliphatic hydroxyl groups excluding tert-OH is 1. The third-order valence-corrected chi connectivity index (χ3v) is 4.19. The van der Waals surface area contributed by atoms with Crippen LogP contribution < -0.4 is 5.32 Å². The van der Waals surface area contributed by atoms with Crippen LogP contribution in [-0.2, 0) is 0 Å². The molecule has 2 fully saturated rings. The minimum Gasteiger partial charge on any atom is -0.395 e. The van der Waals surface area contributed by atoms with Gasteiger partial charge < -0.3 is 15.3 Å². The van der Waals surface area contributed by atoms with Crippen LogP contribution in [0.1, 0.15) is 25.7 Å². The van der Waals surface area contributed by atoms with Gasteiger partial charge in [0.05, 0.1) is 6.61 Å². The maximum Gasteiger partial charge on any atom is 0.0584 e. The highest BCUT2D eigenvalue weighted by Crippen LogP contribution is 2.31. The number of rotatable bonds is 2. The standard InChI is InChI=1S/C12H24N2O/c1-14-6-3-10(4-7-14)11-2-5-13-12(8-11)9-15/h10-13,15H,2-9H2,1H3. The summed E-state index contributed by atoms with van der Waals surface area (Å²) in [6.07, 6.45) is 5.22. The predicted octanol–water partition coefficient (Wildman–Crippen LogP) is 0.689. The summed E-state index contributed by atoms with van der Waals surface area (Å²) in [5, 5.41) is 12.6. The van der Waals surface area contributed by atoms with Crippen molar-refractivity contribution in [3.63, 3.8) is 0 Å². The summed E-state index contributed by atoms with van der Waals surface area (Å²) in [6, 6.07) is 0.364. The first-order valence-electron chi connectivity index (χ1n) is 6.32. The molecule has 88 valence electrons. The molecular formula is C12H24N2O. The topological polar surface area (TPSA) is 35.5 Å². The monoisotopic (exact) mass is 212 g/mol. The molecule has 15 heavy (non-hydrogen) atoms. The van der Waals surface area contributed by atoms with Gasteiger partial charge in [0.25, 0.3) is 0 Å². The van der Waals surface area contributed by atoms with E-state index >= 15 is 0 Å². The van der Waals surface area contributed by atoms with E-state index in [1.54, 1.807) is 0 Å². The lowest BCUT2D eigenvalue weighted by Gasteiger charge is -2.38. The van der Waals surface area contributed by atoms with Gasteiger partial charge in [-0.05, 0) is 64.2 Å². The molecule has 2 saturated heterocycles. The minimum absolute atomic E-state index is 0.309. The quantitative estimate of drug-likeness (QED) is 0.707. The van der Waals surface area contributed by atoms with E-state index < -0.39 is 0 Å². The zero-order valence-corrected chi connectivity index (χ0v) is 9.78. The van der Waals surface area contributed by atoms with E-state index in [9.17, 15) is 5.11 Å². The number of nitrogens with zero attached hydrogens (tertiary/aromatic N) is 1. The average molecular weight is 212 g/mol. The number of likely N-dealkylation sites (tertiary alicyclic amines) is 1. The fourth-order valence-electron chi connectivity index (χ4n) is 3.11. The molecule has 0 aromatic carbocycles. The van der Waals surface area contributed by atoms with Gasteiger partial charge in [0.15, 0.2) is 0 Å². The molecule has 0 aliphatic carbocycles. The molecule has 0 aromatic heterocycles. The summed E-state index contributed by atoms with van der Waals surface area (Å²) in [6.45, 7) is 3.93. The maximum atomic E-state index is 9.18. The molecular weight excluding hydrogens is 188 g/mol. The van der Waals surface area contributed by atoms with Crippen LogP contribution in [-0.4, -0.2) is 49.3 Å². The van der Waals surface area contributed by atoms with Crippen molar-refractivity contribution in [3.05, 3.63) is 0 Å². The van der Waals surface area contributed by atoms with Gasteiger partial charge in [0.1, 0.15) is 0 Å². The van der Waals surface area contributed by atoms with Crippen LogP contribution in [0, 0.1) is 11.8 Å². The molecule has 2 N–H and O–H groups in total. The Morgan fingerprint density at radius 2 is 1.93 bits per heavy atom. The Balaban J connectivity index is 1.82. The Labute approximate surface area is 92.8 Å². The Hall–Kier alpha value is -0.120. The zero-order chi connectivity index (χ0) is 10.7. The van der Waals surface area contributed by atoms with Crippen LogP contribution in [0.2, 0.25) is 0 Å². The summed E-state index contributed by atoms with van der Waals surface area (Å²) in [7, 11) is 2.22. The van der Waals surface area contributed by atoms with Gasteiger partial charge in [-0.15, -0.1) is 0 Å². The van der Waals surface area contributed by atoms with Crippen molar-refractivity contribution in [2.24, 2.45) is 11.8 Å². The molecule has 2 atom stereocenters. The van der Waals surface area contributed by atoms with E-state index in [1.807, 2.05) is 0 Å². The number of nitrogens with one attached hydrogen (secondary N) is 1. The second-order valence-electron chi connectivity index (χ2n) is 5.26. The summed E-state index contributed by atoms with van der Waals surface area (Å²) >= 11 is 0. The largest absolute Gasteiger partial charge is 0.395 e. The van der Waals surface area contributed by atoms with Crippen molar-refractivity contribution < 1.29 is 5.11 Å². The lowest BCUT2D eigenvalue weighted by Crippen LogP contribution is -2.44. The molecule has 2 aliphatic heterocycles. The van der Waals surface area contributed by atoms with Crippen LogP contribution in [0.15, 0.2) is 0 Å². The molecule has 2 heterocycles. The van der Waals surface area contributed by atoms with Gasteiger partial charge in [0, 0.05) is 6.04 Å². The molecule has 3 heteroatoms. The van der Waals surface area contributed by atoms with Crippen LogP contribution in [0.5, 0.6) is 0 Å². The molecule has 0 saturated carbocycles. The number of hydrogen-bond donors (Lipinski definition) is 2. The molecule has 2 unspecified atom stereocenters. The normalized spacial score (nSPS) is 35.6. The fourth-order valence-corrected chi connectivity index (χ4v) is 3.11. The molecule has 3 nitrogen and oxygen atoms in total. The molecule has 0 radical (unpaired) electrons. The second kappa shape index (κ2) is 5.28. The lowest BCUT2D eigenvalue weighted by atomic mass is 9.77. The van der Waals surface area contributed by atoms with Crippen LogP contribution in [0.4, 0.5) is 0 Å². The summed E-state index contributed by atoms with van der Waals surface area (Å²) < 4.78 is 0. The van der Waals surface area contributed by atoms with Gasteiger partial charge in [-0.3, -0.25) is 0 Å². The van der Waals surface area contributed by atoms with E-state index in [1.165, 1.54) is 38.8 Å². The predicted molar refractivity (Wildman–Crippen MR) is 61.8 cm³/mol. The third kappa shape index (κ3) is 2.92. The van der Waals surface area contributed by atoms with Gasteiger partial charge in [-0.25, -0.2) is 0 Å². The van der Waals surface area contributed by atoms with E-state index in [0.717, 1.165) is 18.4 Å². The van der Waals surface area contributed by atoms with Gasteiger partial charge in [0.2, 0.25) is 0 Å². The average Bonchev–Trinajstić information content (AvgIpc) is 2.30. The number of hydrogen-bond acceptors (Lipinski definition) is 3. The van der Waals surface area contributed by atoms with Gasteiger partial charge >= 0.3 is 0 Å². The smallest absolute Gasteiger partial charge is 0.0584 e. The van der Waals surface area contributed by atoms with E-state index in [-0.39, 0.29) is 0 Å². The molecule has 2 aliphatic rings. The molecule has 0 amide bonds. The van der Waals surface area contributed by atoms with Crippen molar-refractivity contribution in [2.75, 3.05) is 33.3 Å². The van der Waals surface area contributed by atoms with Crippen LogP contribution >= 0.6 is 0 Å². The van der Waals surface area contributed by atoms with Crippen molar-refractivity contribution in [2.45, 2.75) is 31.7 Å². The fraction of sp³-hybridized carbons (Fsp3) is 1.00. The Kier molecular flexibility index (Phi) is 4.00. The zero-order valence-electron chi connectivity index (χ0n) is 9.78. The Morgan fingerprint density at radius 3 is 2.60 bits per heavy atom. The first-order valence-corrected chi connectivity index (χ1v) is 6.32. The first kappa shape index (κ1) is 11.4. The summed E-state index contributed by atoms with van der Waals surface area (Å²) in [5.74, 6) is 1.77. The SMILES string of the molecule is CN1CCC(C2CCNC(CO)C2)CC1. The number of aliphatic hydroxyl groups is 1. The maximum absolute atomic E-state index is 9.18. The molecule has 0 bridgehead atoms. The summed E-state index contributed by atoms with van der Waals surface area (Å²) in [5.41, 5.74) is 0. The third-order valence-electron chi connectivity index (χ3n) is 4.19. The molecule has 2 rings (SSSR count). The highest BCUT2D eigenvalue weighted by Gasteiger charge is 2.29. The van der Waals surface area contributed by atoms with Gasteiger partial charge in [-0.2, -0.15) is 0 Å². The van der Waals surface area contributed by atoms with Crippen molar-refractivity contribution in [1.29, 1.82) is 0 Å². The minimum atomic E-state index is 0.309. The molecule has 0 spiro atoms. The highest BCUT2D eigenvalue weighted by molar-refractivity contribution is 4.84. The Bertz CT molecular complexity index is 190. The van der Waals surface area contributed by atoms with Gasteiger partial charge in [-0.1, -0.05) is 0 Å². The van der Waals surface area contributed by atoms with Crippen molar-refractivity contribution in [3.8, 4) is 0 Å². The Morgan fingerprint density at radius 1 is 1.20 bits per heavy atom. The van der Waals surface area contributed by atoms with E-state index in [0.29, 0.717) is 12.6 Å². The van der Waals surface area contributed by atoms with Crippen molar-refractivity contribution >= 4 is 0 Å². The highest BCUT2D eigenvalue weighted by atomic mass is 16.3. The first-order chi connectivity index (χ1) is 7.29. The van der Waals surface area contributed by atoms with Crippen molar-refractivity contribution in [1.82, 2.24) is 10.2 Å². The second-order valence-corrected chi connectivity index (χ2v) is 5.26. The summed E-state index contributed by atoms with van der Waals surface area (Å²) in [4.78, 5) is 2.43. The molecule has 0 aromatic rings. The lowest BCUT2D eigenvalue weighted by molar-refractivity contribution is 0.117. The number of piperidine rings is 2. The van der Waals surface area contributed by atoms with E-state index in [4.69, 9.17) is 0 Å². The van der Waals surface area contributed by atoms with E-state index in [2.05, 4.69) is 17.3 Å². The van der Waals surface area contributed by atoms with Crippen LogP contribution in [0.3, 0.4) is 0 Å². The van der Waals surface area contributed by atoms with Crippen LogP contribution in [0.25, 0.3) is 0 Å².